The molecule has 0 amide bonds. The summed E-state index contributed by atoms with van der Waals surface area (Å²) in [6, 6.07) is 2.94. The van der Waals surface area contributed by atoms with Crippen molar-refractivity contribution in [3.63, 3.8) is 0 Å². The zero-order valence-electron chi connectivity index (χ0n) is 4.97. The Morgan fingerprint density at radius 1 is 1.67 bits per heavy atom. The number of aliphatic hydroxyl groups excluding tert-OH is 1. The predicted molar refractivity (Wildman–Crippen MR) is 34.9 cm³/mol. The van der Waals surface area contributed by atoms with Gasteiger partial charge in [-0.15, -0.1) is 11.3 Å². The fourth-order valence-corrected chi connectivity index (χ4v) is 1.22. The van der Waals surface area contributed by atoms with E-state index in [4.69, 9.17) is 5.11 Å². The molecule has 50 valence electrons. The average Bonchev–Trinajstić information content (AvgIpc) is 2.14. The molecule has 0 bridgehead atoms. The molecule has 1 aromatic heterocycles. The summed E-state index contributed by atoms with van der Waals surface area (Å²) in [6.45, 7) is 1.62. The maximum Gasteiger partial charge on any atom is 0.176 e. The predicted octanol–water partition coefficient (Wildman–Crippen LogP) is 1.94. The van der Waals surface area contributed by atoms with Crippen molar-refractivity contribution in [1.82, 2.24) is 0 Å². The Morgan fingerprint density at radius 3 is 2.56 bits per heavy atom. The summed E-state index contributed by atoms with van der Waals surface area (Å²) < 4.78 is 12.2. The van der Waals surface area contributed by atoms with Gasteiger partial charge in [0.25, 0.3) is 0 Å². The molecule has 0 unspecified atom stereocenters. The molecule has 0 saturated carbocycles. The van der Waals surface area contributed by atoms with Gasteiger partial charge in [-0.3, -0.25) is 0 Å². The normalized spacial score (nSPS) is 13.7. The van der Waals surface area contributed by atoms with Crippen LogP contribution in [0.5, 0.6) is 0 Å². The molecule has 0 aliphatic carbocycles. The molecule has 1 heterocycles. The Balaban J connectivity index is 2.85. The van der Waals surface area contributed by atoms with Crippen molar-refractivity contribution in [3.8, 4) is 0 Å². The second-order valence-electron chi connectivity index (χ2n) is 1.82. The van der Waals surface area contributed by atoms with Gasteiger partial charge in [-0.2, -0.15) is 4.39 Å². The first-order valence-electron chi connectivity index (χ1n) is 2.63. The standard InChI is InChI=1S/C6H7FOS/c1-4(8)5-2-3-6(7)9-5/h2-4,8H,1H3/t4-/m0/s1. The second-order valence-corrected chi connectivity index (χ2v) is 2.88. The Labute approximate surface area is 56.8 Å². The van der Waals surface area contributed by atoms with E-state index in [2.05, 4.69) is 0 Å². The average molecular weight is 146 g/mol. The molecule has 3 heteroatoms. The Morgan fingerprint density at radius 2 is 2.33 bits per heavy atom. The van der Waals surface area contributed by atoms with Crippen LogP contribution < -0.4 is 0 Å². The third-order valence-corrected chi connectivity index (χ3v) is 2.05. The number of hydrogen-bond donors (Lipinski definition) is 1. The molecule has 0 aliphatic heterocycles. The van der Waals surface area contributed by atoms with Crippen LogP contribution in [0.25, 0.3) is 0 Å². The monoisotopic (exact) mass is 146 g/mol. The van der Waals surface area contributed by atoms with Crippen molar-refractivity contribution < 1.29 is 9.50 Å². The van der Waals surface area contributed by atoms with Gasteiger partial charge in [0.15, 0.2) is 5.13 Å². The van der Waals surface area contributed by atoms with E-state index < -0.39 is 6.10 Å². The van der Waals surface area contributed by atoms with Crippen LogP contribution in [-0.2, 0) is 0 Å². The number of halogens is 1. The van der Waals surface area contributed by atoms with E-state index in [0.717, 1.165) is 11.3 Å². The van der Waals surface area contributed by atoms with E-state index >= 15 is 0 Å². The van der Waals surface area contributed by atoms with Crippen LogP contribution in [0, 0.1) is 5.13 Å². The van der Waals surface area contributed by atoms with Crippen LogP contribution in [0.4, 0.5) is 4.39 Å². The van der Waals surface area contributed by atoms with Gasteiger partial charge in [0.05, 0.1) is 6.10 Å². The Bertz CT molecular complexity index is 195. The zero-order chi connectivity index (χ0) is 6.85. The van der Waals surface area contributed by atoms with Gasteiger partial charge >= 0.3 is 0 Å². The molecule has 0 saturated heterocycles. The van der Waals surface area contributed by atoms with E-state index in [1.54, 1.807) is 13.0 Å². The molecule has 0 spiro atoms. The molecule has 1 N–H and O–H groups in total. The fraction of sp³-hybridized carbons (Fsp3) is 0.333. The van der Waals surface area contributed by atoms with Crippen molar-refractivity contribution in [3.05, 3.63) is 22.1 Å². The molecule has 1 aromatic rings. The highest BCUT2D eigenvalue weighted by atomic mass is 32.1. The second kappa shape index (κ2) is 2.45. The quantitative estimate of drug-likeness (QED) is 0.642. The Hall–Kier alpha value is -0.410. The van der Waals surface area contributed by atoms with Crippen LogP contribution in [0.3, 0.4) is 0 Å². The maximum atomic E-state index is 12.2. The molecule has 1 nitrogen and oxygen atoms in total. The largest absolute Gasteiger partial charge is 0.388 e. The molecular formula is C6H7FOS. The first-order valence-corrected chi connectivity index (χ1v) is 3.45. The minimum atomic E-state index is -0.542. The summed E-state index contributed by atoms with van der Waals surface area (Å²) in [4.78, 5) is 0.674. The van der Waals surface area contributed by atoms with Crippen molar-refractivity contribution in [2.24, 2.45) is 0 Å². The van der Waals surface area contributed by atoms with Crippen LogP contribution in [0.2, 0.25) is 0 Å². The highest BCUT2D eigenvalue weighted by Crippen LogP contribution is 2.20. The maximum absolute atomic E-state index is 12.2. The van der Waals surface area contributed by atoms with Crippen LogP contribution in [0.1, 0.15) is 17.9 Å². The first-order chi connectivity index (χ1) is 4.20. The number of hydrogen-bond acceptors (Lipinski definition) is 2. The number of rotatable bonds is 1. The van der Waals surface area contributed by atoms with Gasteiger partial charge in [0, 0.05) is 4.88 Å². The highest BCUT2D eigenvalue weighted by Gasteiger charge is 2.02. The summed E-state index contributed by atoms with van der Waals surface area (Å²) in [5.74, 6) is 0. The molecule has 1 rings (SSSR count). The van der Waals surface area contributed by atoms with Crippen LogP contribution in [0.15, 0.2) is 12.1 Å². The minimum Gasteiger partial charge on any atom is -0.388 e. The molecule has 0 aliphatic rings. The van der Waals surface area contributed by atoms with Crippen molar-refractivity contribution in [1.29, 1.82) is 0 Å². The van der Waals surface area contributed by atoms with Crippen LogP contribution >= 0.6 is 11.3 Å². The van der Waals surface area contributed by atoms with Crippen molar-refractivity contribution in [2.45, 2.75) is 13.0 Å². The lowest BCUT2D eigenvalue weighted by Crippen LogP contribution is -1.83. The molecule has 0 aromatic carbocycles. The topological polar surface area (TPSA) is 20.2 Å². The summed E-state index contributed by atoms with van der Waals surface area (Å²) in [5.41, 5.74) is 0. The lowest BCUT2D eigenvalue weighted by Gasteiger charge is -1.95. The first kappa shape index (κ1) is 6.71. The molecule has 1 atom stereocenters. The third kappa shape index (κ3) is 1.50. The van der Waals surface area contributed by atoms with E-state index in [1.165, 1.54) is 6.07 Å². The minimum absolute atomic E-state index is 0.245. The SMILES string of the molecule is C[C@H](O)c1ccc(F)s1. The van der Waals surface area contributed by atoms with E-state index in [0.29, 0.717) is 4.88 Å². The highest BCUT2D eigenvalue weighted by molar-refractivity contribution is 7.10. The van der Waals surface area contributed by atoms with Gasteiger partial charge in [0.1, 0.15) is 0 Å². The van der Waals surface area contributed by atoms with E-state index in [9.17, 15) is 4.39 Å². The summed E-state index contributed by atoms with van der Waals surface area (Å²) >= 11 is 0.979. The Kier molecular flexibility index (Phi) is 1.83. The molecular weight excluding hydrogens is 139 g/mol. The smallest absolute Gasteiger partial charge is 0.176 e. The van der Waals surface area contributed by atoms with Crippen molar-refractivity contribution in [2.75, 3.05) is 0 Å². The third-order valence-electron chi connectivity index (χ3n) is 1.01. The van der Waals surface area contributed by atoms with E-state index in [1.807, 2.05) is 0 Å². The van der Waals surface area contributed by atoms with Gasteiger partial charge in [-0.05, 0) is 19.1 Å². The van der Waals surface area contributed by atoms with E-state index in [-0.39, 0.29) is 5.13 Å². The molecule has 0 radical (unpaired) electrons. The summed E-state index contributed by atoms with van der Waals surface area (Å²) in [6.07, 6.45) is -0.542. The lowest BCUT2D eigenvalue weighted by molar-refractivity contribution is 0.203. The zero-order valence-corrected chi connectivity index (χ0v) is 5.78. The summed E-state index contributed by atoms with van der Waals surface area (Å²) in [5, 5.41) is 8.64. The summed E-state index contributed by atoms with van der Waals surface area (Å²) in [7, 11) is 0. The fourth-order valence-electron chi connectivity index (χ4n) is 0.553. The van der Waals surface area contributed by atoms with Gasteiger partial charge < -0.3 is 5.11 Å². The van der Waals surface area contributed by atoms with Crippen LogP contribution in [-0.4, -0.2) is 5.11 Å². The number of thiophene rings is 1. The van der Waals surface area contributed by atoms with Gasteiger partial charge in [0.2, 0.25) is 0 Å². The molecule has 0 fully saturated rings. The lowest BCUT2D eigenvalue weighted by atomic mass is 10.3. The van der Waals surface area contributed by atoms with Crippen molar-refractivity contribution >= 4 is 11.3 Å². The molecule has 9 heavy (non-hydrogen) atoms. The van der Waals surface area contributed by atoms with Gasteiger partial charge in [-0.25, -0.2) is 0 Å². The number of aliphatic hydroxyl groups is 1. The van der Waals surface area contributed by atoms with Gasteiger partial charge in [-0.1, -0.05) is 0 Å².